The summed E-state index contributed by atoms with van der Waals surface area (Å²) in [5.74, 6) is 0. The fourth-order valence-electron chi connectivity index (χ4n) is 0.982. The summed E-state index contributed by atoms with van der Waals surface area (Å²) in [5.41, 5.74) is 4.96. The lowest BCUT2D eigenvalue weighted by Crippen LogP contribution is -2.41. The zero-order chi connectivity index (χ0) is 12.8. The summed E-state index contributed by atoms with van der Waals surface area (Å²) in [4.78, 5) is 10.4. The highest BCUT2D eigenvalue weighted by Gasteiger charge is 2.36. The van der Waals surface area contributed by atoms with Gasteiger partial charge < -0.3 is 15.5 Å². The Bertz CT molecular complexity index is 225. The van der Waals surface area contributed by atoms with Crippen LogP contribution in [0.5, 0.6) is 0 Å². The third kappa shape index (κ3) is 6.12. The van der Waals surface area contributed by atoms with Gasteiger partial charge >= 0.3 is 6.03 Å². The molecule has 0 heterocycles. The first-order valence-corrected chi connectivity index (χ1v) is 8.75. The normalized spacial score (nSPS) is 12.6. The van der Waals surface area contributed by atoms with E-state index in [0.29, 0.717) is 6.54 Å². The summed E-state index contributed by atoms with van der Waals surface area (Å²) < 4.78 is 6.00. The Labute approximate surface area is 100 Å². The number of urea groups is 1. The molecule has 0 fully saturated rings. The lowest BCUT2D eigenvalue weighted by molar-refractivity contribution is 0.247. The van der Waals surface area contributed by atoms with Crippen LogP contribution in [-0.2, 0) is 4.43 Å². The number of primary amides is 1. The number of amides is 2. The molecule has 0 bridgehead atoms. The zero-order valence-corrected chi connectivity index (χ0v) is 12.2. The predicted molar refractivity (Wildman–Crippen MR) is 70.0 cm³/mol. The summed E-state index contributed by atoms with van der Waals surface area (Å²) in [6.45, 7) is 12.6. The van der Waals surface area contributed by atoms with Crippen LogP contribution in [0.3, 0.4) is 0 Å². The van der Waals surface area contributed by atoms with E-state index in [1.165, 1.54) is 0 Å². The summed E-state index contributed by atoms with van der Waals surface area (Å²) in [7, 11) is -1.60. The van der Waals surface area contributed by atoms with Gasteiger partial charge in [0.2, 0.25) is 0 Å². The fourth-order valence-corrected chi connectivity index (χ4v) is 2.07. The van der Waals surface area contributed by atoms with Crippen LogP contribution >= 0.6 is 0 Å². The first-order valence-electron chi connectivity index (χ1n) is 5.84. The van der Waals surface area contributed by atoms with Crippen molar-refractivity contribution in [1.82, 2.24) is 5.32 Å². The van der Waals surface area contributed by atoms with Crippen molar-refractivity contribution >= 4 is 14.3 Å². The van der Waals surface area contributed by atoms with Gasteiger partial charge in [-0.2, -0.15) is 0 Å². The second-order valence-electron chi connectivity index (χ2n) is 5.61. The molecule has 0 aromatic heterocycles. The third-order valence-electron chi connectivity index (χ3n) is 3.14. The maximum Gasteiger partial charge on any atom is 0.312 e. The Balaban J connectivity index is 3.63. The van der Waals surface area contributed by atoms with E-state index in [0.717, 1.165) is 19.4 Å². The SMILES string of the molecule is CC(C)(C)[Si](C)(C)OCCCCNC(N)=O. The van der Waals surface area contributed by atoms with E-state index in [2.05, 4.69) is 39.2 Å². The van der Waals surface area contributed by atoms with Crippen molar-refractivity contribution in [1.29, 1.82) is 0 Å². The van der Waals surface area contributed by atoms with Gasteiger partial charge in [0.1, 0.15) is 0 Å². The van der Waals surface area contributed by atoms with E-state index in [9.17, 15) is 4.79 Å². The van der Waals surface area contributed by atoms with Crippen molar-refractivity contribution in [3.8, 4) is 0 Å². The maximum atomic E-state index is 10.4. The Morgan fingerprint density at radius 1 is 1.31 bits per heavy atom. The van der Waals surface area contributed by atoms with Gasteiger partial charge in [-0.3, -0.25) is 0 Å². The predicted octanol–water partition coefficient (Wildman–Crippen LogP) is 2.46. The standard InChI is InChI=1S/C11H26N2O2Si/c1-11(2,3)16(4,5)15-9-7-6-8-13-10(12)14/h6-9H2,1-5H3,(H3,12,13,14). The van der Waals surface area contributed by atoms with Crippen molar-refractivity contribution in [3.63, 3.8) is 0 Å². The fraction of sp³-hybridized carbons (Fsp3) is 0.909. The highest BCUT2D eigenvalue weighted by Crippen LogP contribution is 2.36. The molecule has 0 spiro atoms. The minimum absolute atomic E-state index is 0.262. The van der Waals surface area contributed by atoms with E-state index < -0.39 is 14.3 Å². The van der Waals surface area contributed by atoms with Crippen LogP contribution in [0.15, 0.2) is 0 Å². The first kappa shape index (κ1) is 15.4. The Hall–Kier alpha value is -0.553. The molecular weight excluding hydrogens is 220 g/mol. The number of hydrogen-bond acceptors (Lipinski definition) is 2. The van der Waals surface area contributed by atoms with Crippen LogP contribution in [0.1, 0.15) is 33.6 Å². The van der Waals surface area contributed by atoms with Crippen LogP contribution in [0.25, 0.3) is 0 Å². The zero-order valence-electron chi connectivity index (χ0n) is 11.2. The Morgan fingerprint density at radius 3 is 2.31 bits per heavy atom. The van der Waals surface area contributed by atoms with Gasteiger partial charge in [0, 0.05) is 13.2 Å². The highest BCUT2D eigenvalue weighted by molar-refractivity contribution is 6.74. The second-order valence-corrected chi connectivity index (χ2v) is 10.4. The summed E-state index contributed by atoms with van der Waals surface area (Å²) >= 11 is 0. The number of rotatable bonds is 6. The highest BCUT2D eigenvalue weighted by atomic mass is 28.4. The molecule has 0 aliphatic heterocycles. The molecule has 0 aliphatic carbocycles. The van der Waals surface area contributed by atoms with Gasteiger partial charge in [0.25, 0.3) is 0 Å². The van der Waals surface area contributed by atoms with Crippen LogP contribution in [-0.4, -0.2) is 27.5 Å². The monoisotopic (exact) mass is 246 g/mol. The molecule has 0 saturated heterocycles. The molecule has 5 heteroatoms. The molecule has 0 unspecified atom stereocenters. The van der Waals surface area contributed by atoms with Crippen molar-refractivity contribution in [2.45, 2.75) is 51.7 Å². The molecule has 0 aromatic carbocycles. The largest absolute Gasteiger partial charge is 0.417 e. The van der Waals surface area contributed by atoms with Gasteiger partial charge in [-0.25, -0.2) is 4.79 Å². The van der Waals surface area contributed by atoms with E-state index in [1.807, 2.05) is 0 Å². The molecule has 0 rings (SSSR count). The molecule has 0 aliphatic rings. The number of nitrogens with two attached hydrogens (primary N) is 1. The van der Waals surface area contributed by atoms with E-state index >= 15 is 0 Å². The molecule has 96 valence electrons. The topological polar surface area (TPSA) is 64.3 Å². The van der Waals surface area contributed by atoms with Gasteiger partial charge in [0.05, 0.1) is 0 Å². The lowest BCUT2D eigenvalue weighted by atomic mass is 10.2. The van der Waals surface area contributed by atoms with Crippen LogP contribution < -0.4 is 11.1 Å². The molecule has 0 radical (unpaired) electrons. The van der Waals surface area contributed by atoms with E-state index in [-0.39, 0.29) is 5.04 Å². The van der Waals surface area contributed by atoms with Gasteiger partial charge in [-0.1, -0.05) is 20.8 Å². The Morgan fingerprint density at radius 2 is 1.88 bits per heavy atom. The van der Waals surface area contributed by atoms with E-state index in [1.54, 1.807) is 0 Å². The summed E-state index contributed by atoms with van der Waals surface area (Å²) in [6.07, 6.45) is 1.88. The smallest absolute Gasteiger partial charge is 0.312 e. The molecule has 0 atom stereocenters. The van der Waals surface area contributed by atoms with Crippen molar-refractivity contribution in [3.05, 3.63) is 0 Å². The minimum Gasteiger partial charge on any atom is -0.417 e. The van der Waals surface area contributed by atoms with Crippen LogP contribution in [0, 0.1) is 0 Å². The minimum atomic E-state index is -1.60. The second kappa shape index (κ2) is 6.25. The molecule has 3 N–H and O–H groups in total. The van der Waals surface area contributed by atoms with Gasteiger partial charge in [-0.15, -0.1) is 0 Å². The summed E-state index contributed by atoms with van der Waals surface area (Å²) in [5, 5.41) is 2.83. The van der Waals surface area contributed by atoms with Gasteiger partial charge in [-0.05, 0) is 31.0 Å². The molecule has 0 aromatic rings. The van der Waals surface area contributed by atoms with Crippen LogP contribution in [0.4, 0.5) is 4.79 Å². The molecule has 4 nitrogen and oxygen atoms in total. The number of hydrogen-bond donors (Lipinski definition) is 2. The molecular formula is C11H26N2O2Si. The van der Waals surface area contributed by atoms with Gasteiger partial charge in [0.15, 0.2) is 8.32 Å². The average molecular weight is 246 g/mol. The number of unbranched alkanes of at least 4 members (excludes halogenated alkanes) is 1. The van der Waals surface area contributed by atoms with Crippen molar-refractivity contribution in [2.75, 3.05) is 13.2 Å². The van der Waals surface area contributed by atoms with Crippen LogP contribution in [0.2, 0.25) is 18.1 Å². The van der Waals surface area contributed by atoms with Crippen molar-refractivity contribution in [2.24, 2.45) is 5.73 Å². The summed E-state index contributed by atoms with van der Waals surface area (Å²) in [6, 6.07) is -0.453. The van der Waals surface area contributed by atoms with Crippen molar-refractivity contribution < 1.29 is 9.22 Å². The van der Waals surface area contributed by atoms with E-state index in [4.69, 9.17) is 10.2 Å². The number of carbonyl (C=O) groups excluding carboxylic acids is 1. The number of nitrogens with one attached hydrogen (secondary N) is 1. The molecule has 16 heavy (non-hydrogen) atoms. The Kier molecular flexibility index (Phi) is 6.03. The third-order valence-corrected chi connectivity index (χ3v) is 7.68. The first-order chi connectivity index (χ1) is 7.17. The molecule has 2 amide bonds. The quantitative estimate of drug-likeness (QED) is 0.558. The maximum absolute atomic E-state index is 10.4. The lowest BCUT2D eigenvalue weighted by Gasteiger charge is -2.36. The average Bonchev–Trinajstić information content (AvgIpc) is 2.08. The molecule has 0 saturated carbocycles. The number of carbonyl (C=O) groups is 1.